The van der Waals surface area contributed by atoms with E-state index in [9.17, 15) is 4.39 Å². The first-order chi connectivity index (χ1) is 6.71. The Labute approximate surface area is 82.7 Å². The third-order valence-electron chi connectivity index (χ3n) is 2.39. The Morgan fingerprint density at radius 1 is 1.21 bits per heavy atom. The fraction of sp³-hybridized carbons (Fsp3) is 0.167. The van der Waals surface area contributed by atoms with Crippen LogP contribution in [0.4, 0.5) is 4.39 Å². The van der Waals surface area contributed by atoms with Gasteiger partial charge in [-0.2, -0.15) is 0 Å². The van der Waals surface area contributed by atoms with Crippen LogP contribution in [0.3, 0.4) is 0 Å². The van der Waals surface area contributed by atoms with Crippen molar-refractivity contribution < 1.29 is 4.39 Å². The van der Waals surface area contributed by atoms with Crippen molar-refractivity contribution in [2.75, 3.05) is 0 Å². The topological polar surface area (TPSA) is 26.0 Å². The summed E-state index contributed by atoms with van der Waals surface area (Å²) in [6, 6.07) is 9.10. The minimum atomic E-state index is -1.43. The number of hydrogen-bond acceptors (Lipinski definition) is 1. The molecule has 0 aliphatic heterocycles. The van der Waals surface area contributed by atoms with Gasteiger partial charge in [-0.3, -0.25) is 0 Å². The Morgan fingerprint density at radius 2 is 1.93 bits per heavy atom. The summed E-state index contributed by atoms with van der Waals surface area (Å²) in [5.41, 5.74) is 5.43. The van der Waals surface area contributed by atoms with E-state index in [4.69, 9.17) is 5.73 Å². The molecule has 0 bridgehead atoms. The maximum Gasteiger partial charge on any atom is 0.159 e. The summed E-state index contributed by atoms with van der Waals surface area (Å²) >= 11 is 0. The first-order valence-corrected chi connectivity index (χ1v) is 4.59. The average Bonchev–Trinajstić information content (AvgIpc) is 2.19. The Kier molecular flexibility index (Phi) is 2.12. The van der Waals surface area contributed by atoms with Gasteiger partial charge in [0.05, 0.1) is 0 Å². The number of alkyl halides is 1. The molecule has 2 N–H and O–H groups in total. The van der Waals surface area contributed by atoms with Crippen molar-refractivity contribution in [1.29, 1.82) is 0 Å². The predicted molar refractivity (Wildman–Crippen MR) is 55.3 cm³/mol. The van der Waals surface area contributed by atoms with Gasteiger partial charge in [-0.25, -0.2) is 4.39 Å². The Bertz CT molecular complexity index is 381. The second-order valence-corrected chi connectivity index (χ2v) is 3.51. The van der Waals surface area contributed by atoms with Crippen molar-refractivity contribution in [3.8, 4) is 0 Å². The molecule has 0 saturated heterocycles. The Morgan fingerprint density at radius 3 is 2.57 bits per heavy atom. The lowest BCUT2D eigenvalue weighted by Crippen LogP contribution is -2.22. The molecular weight excluding hydrogens is 177 g/mol. The number of nitrogens with two attached hydrogens (primary N) is 1. The molecule has 0 aromatic heterocycles. The maximum absolute atomic E-state index is 14.3. The fourth-order valence-electron chi connectivity index (χ4n) is 1.65. The molecule has 0 saturated carbocycles. The summed E-state index contributed by atoms with van der Waals surface area (Å²) in [7, 11) is 0. The molecule has 0 heterocycles. The van der Waals surface area contributed by atoms with Gasteiger partial charge in [0.2, 0.25) is 0 Å². The van der Waals surface area contributed by atoms with Crippen LogP contribution in [0, 0.1) is 0 Å². The SMILES string of the molecule is NC1=CC=CC(F)(c2ccccc2)C1. The molecule has 1 aliphatic rings. The lowest BCUT2D eigenvalue weighted by molar-refractivity contribution is 0.230. The van der Waals surface area contributed by atoms with Crippen LogP contribution < -0.4 is 5.73 Å². The van der Waals surface area contributed by atoms with Gasteiger partial charge >= 0.3 is 0 Å². The molecule has 0 fully saturated rings. The smallest absolute Gasteiger partial charge is 0.159 e. The van der Waals surface area contributed by atoms with Gasteiger partial charge in [-0.15, -0.1) is 0 Å². The summed E-state index contributed by atoms with van der Waals surface area (Å²) < 4.78 is 14.3. The number of rotatable bonds is 1. The molecule has 0 radical (unpaired) electrons. The van der Waals surface area contributed by atoms with Crippen LogP contribution in [0.5, 0.6) is 0 Å². The van der Waals surface area contributed by atoms with Crippen LogP contribution in [-0.4, -0.2) is 0 Å². The number of allylic oxidation sites excluding steroid dienone is 4. The molecule has 0 spiro atoms. The van der Waals surface area contributed by atoms with Crippen molar-refractivity contribution in [3.63, 3.8) is 0 Å². The Balaban J connectivity index is 2.35. The van der Waals surface area contributed by atoms with E-state index in [1.54, 1.807) is 30.4 Å². The van der Waals surface area contributed by atoms with Crippen molar-refractivity contribution in [2.24, 2.45) is 5.73 Å². The van der Waals surface area contributed by atoms with Gasteiger partial charge < -0.3 is 5.73 Å². The minimum absolute atomic E-state index is 0.244. The average molecular weight is 189 g/mol. The third-order valence-corrected chi connectivity index (χ3v) is 2.39. The van der Waals surface area contributed by atoms with Crippen LogP contribution in [0.25, 0.3) is 0 Å². The minimum Gasteiger partial charge on any atom is -0.402 e. The fourth-order valence-corrected chi connectivity index (χ4v) is 1.65. The highest BCUT2D eigenvalue weighted by Gasteiger charge is 2.30. The van der Waals surface area contributed by atoms with Gasteiger partial charge in [0.25, 0.3) is 0 Å². The highest BCUT2D eigenvalue weighted by molar-refractivity contribution is 5.34. The molecule has 1 atom stereocenters. The van der Waals surface area contributed by atoms with Gasteiger partial charge in [0, 0.05) is 12.1 Å². The molecule has 1 aliphatic carbocycles. The lowest BCUT2D eigenvalue weighted by atomic mass is 9.88. The molecule has 1 aromatic carbocycles. The second kappa shape index (κ2) is 3.29. The van der Waals surface area contributed by atoms with Crippen molar-refractivity contribution in [2.45, 2.75) is 12.1 Å². The first-order valence-electron chi connectivity index (χ1n) is 4.59. The van der Waals surface area contributed by atoms with Crippen molar-refractivity contribution in [3.05, 3.63) is 59.8 Å². The van der Waals surface area contributed by atoms with Crippen LogP contribution >= 0.6 is 0 Å². The van der Waals surface area contributed by atoms with Crippen molar-refractivity contribution in [1.82, 2.24) is 0 Å². The van der Waals surface area contributed by atoms with E-state index < -0.39 is 5.67 Å². The van der Waals surface area contributed by atoms with Gasteiger partial charge in [0.1, 0.15) is 0 Å². The van der Waals surface area contributed by atoms with Crippen LogP contribution in [-0.2, 0) is 5.67 Å². The maximum atomic E-state index is 14.3. The second-order valence-electron chi connectivity index (χ2n) is 3.51. The molecule has 2 heteroatoms. The van der Waals surface area contributed by atoms with Gasteiger partial charge in [-0.05, 0) is 17.7 Å². The summed E-state index contributed by atoms with van der Waals surface area (Å²) in [4.78, 5) is 0. The predicted octanol–water partition coefficient (Wildman–Crippen LogP) is 2.65. The summed E-state index contributed by atoms with van der Waals surface area (Å²) in [6.45, 7) is 0. The number of benzene rings is 1. The quantitative estimate of drug-likeness (QED) is 0.722. The zero-order valence-corrected chi connectivity index (χ0v) is 7.78. The Hall–Kier alpha value is -1.57. The monoisotopic (exact) mass is 189 g/mol. The molecule has 14 heavy (non-hydrogen) atoms. The van der Waals surface area contributed by atoms with Crippen LogP contribution in [0.2, 0.25) is 0 Å². The van der Waals surface area contributed by atoms with Crippen LogP contribution in [0.15, 0.2) is 54.3 Å². The first kappa shape index (κ1) is 9.00. The zero-order chi connectivity index (χ0) is 10.0. The summed E-state index contributed by atoms with van der Waals surface area (Å²) in [6.07, 6.45) is 5.21. The molecule has 2 rings (SSSR count). The summed E-state index contributed by atoms with van der Waals surface area (Å²) in [5, 5.41) is 0. The molecule has 72 valence electrons. The number of hydrogen-bond donors (Lipinski definition) is 1. The van der Waals surface area contributed by atoms with E-state index in [0.717, 1.165) is 0 Å². The third kappa shape index (κ3) is 1.55. The molecular formula is C12H12FN. The highest BCUT2D eigenvalue weighted by Crippen LogP contribution is 2.35. The van der Waals surface area contributed by atoms with E-state index in [-0.39, 0.29) is 6.42 Å². The molecule has 1 nitrogen and oxygen atoms in total. The van der Waals surface area contributed by atoms with Gasteiger partial charge in [0.15, 0.2) is 5.67 Å². The van der Waals surface area contributed by atoms with E-state index >= 15 is 0 Å². The van der Waals surface area contributed by atoms with E-state index in [2.05, 4.69) is 0 Å². The van der Waals surface area contributed by atoms with E-state index in [1.807, 2.05) is 18.2 Å². The number of halogens is 1. The van der Waals surface area contributed by atoms with E-state index in [1.165, 1.54) is 0 Å². The zero-order valence-electron chi connectivity index (χ0n) is 7.78. The molecule has 0 amide bonds. The molecule has 1 aromatic rings. The van der Waals surface area contributed by atoms with Crippen molar-refractivity contribution >= 4 is 0 Å². The largest absolute Gasteiger partial charge is 0.402 e. The standard InChI is InChI=1S/C12H12FN/c13-12(8-4-7-11(14)9-12)10-5-2-1-3-6-10/h1-8H,9,14H2. The van der Waals surface area contributed by atoms with Crippen LogP contribution in [0.1, 0.15) is 12.0 Å². The highest BCUT2D eigenvalue weighted by atomic mass is 19.1. The normalized spacial score (nSPS) is 25.9. The summed E-state index contributed by atoms with van der Waals surface area (Å²) in [5.74, 6) is 0. The van der Waals surface area contributed by atoms with E-state index in [0.29, 0.717) is 11.3 Å². The van der Waals surface area contributed by atoms with Gasteiger partial charge in [-0.1, -0.05) is 36.4 Å². The molecule has 1 unspecified atom stereocenters. The lowest BCUT2D eigenvalue weighted by Gasteiger charge is -2.24.